The Morgan fingerprint density at radius 3 is 2.35 bits per heavy atom. The van der Waals surface area contributed by atoms with Crippen molar-refractivity contribution < 1.29 is 4.79 Å². The molecule has 0 aliphatic rings. The zero-order chi connectivity index (χ0) is 13.4. The van der Waals surface area contributed by atoms with E-state index >= 15 is 0 Å². The van der Waals surface area contributed by atoms with Crippen LogP contribution in [0.4, 0.5) is 0 Å². The van der Waals surface area contributed by atoms with E-state index in [1.807, 2.05) is 21.0 Å². The molecule has 0 bridgehead atoms. The van der Waals surface area contributed by atoms with Gasteiger partial charge < -0.3 is 16.0 Å². The Morgan fingerprint density at radius 1 is 1.35 bits per heavy atom. The first-order chi connectivity index (χ1) is 7.88. The van der Waals surface area contributed by atoms with Crippen LogP contribution in [0.15, 0.2) is 0 Å². The maximum absolute atomic E-state index is 11.7. The first-order valence-electron chi connectivity index (χ1n) is 6.58. The Bertz CT molecular complexity index is 217. The highest BCUT2D eigenvalue weighted by molar-refractivity contribution is 5.81. The maximum atomic E-state index is 11.7. The van der Waals surface area contributed by atoms with Crippen LogP contribution in [0, 0.1) is 5.92 Å². The third-order valence-corrected chi connectivity index (χ3v) is 2.92. The molecule has 1 amide bonds. The molecule has 0 rings (SSSR count). The van der Waals surface area contributed by atoms with Crippen molar-refractivity contribution in [1.82, 2.24) is 10.2 Å². The molecule has 0 aromatic carbocycles. The lowest BCUT2D eigenvalue weighted by atomic mass is 10.0. The highest BCUT2D eigenvalue weighted by Crippen LogP contribution is 2.08. The number of carbonyl (C=O) groups excluding carboxylic acids is 1. The fourth-order valence-electron chi connectivity index (χ4n) is 1.81. The fourth-order valence-corrected chi connectivity index (χ4v) is 1.81. The fraction of sp³-hybridized carbons (Fsp3) is 0.923. The molecule has 4 heteroatoms. The van der Waals surface area contributed by atoms with Crippen molar-refractivity contribution >= 4 is 5.91 Å². The Labute approximate surface area is 106 Å². The molecule has 0 aliphatic carbocycles. The highest BCUT2D eigenvalue weighted by Gasteiger charge is 2.17. The van der Waals surface area contributed by atoms with Crippen LogP contribution < -0.4 is 11.1 Å². The lowest BCUT2D eigenvalue weighted by Crippen LogP contribution is -2.46. The van der Waals surface area contributed by atoms with Gasteiger partial charge in [0.1, 0.15) is 0 Å². The van der Waals surface area contributed by atoms with Gasteiger partial charge in [0.05, 0.1) is 6.04 Å². The zero-order valence-electron chi connectivity index (χ0n) is 12.0. The molecular formula is C13H29N3O. The monoisotopic (exact) mass is 243 g/mol. The second-order valence-corrected chi connectivity index (χ2v) is 5.39. The smallest absolute Gasteiger partial charge is 0.236 e. The van der Waals surface area contributed by atoms with E-state index in [1.54, 1.807) is 0 Å². The van der Waals surface area contributed by atoms with Gasteiger partial charge in [0, 0.05) is 12.6 Å². The van der Waals surface area contributed by atoms with Crippen LogP contribution >= 0.6 is 0 Å². The Hall–Kier alpha value is -0.610. The van der Waals surface area contributed by atoms with Gasteiger partial charge >= 0.3 is 0 Å². The predicted molar refractivity (Wildman–Crippen MR) is 72.8 cm³/mol. The number of hydrogen-bond donors (Lipinski definition) is 2. The van der Waals surface area contributed by atoms with Gasteiger partial charge in [-0.15, -0.1) is 0 Å². The van der Waals surface area contributed by atoms with Gasteiger partial charge in [-0.1, -0.05) is 27.2 Å². The van der Waals surface area contributed by atoms with E-state index < -0.39 is 0 Å². The Kier molecular flexibility index (Phi) is 8.17. The number of nitrogens with two attached hydrogens (primary N) is 1. The van der Waals surface area contributed by atoms with Crippen LogP contribution in [-0.4, -0.2) is 43.5 Å². The number of likely N-dealkylation sites (N-methyl/N-ethyl adjacent to an activating group) is 1. The van der Waals surface area contributed by atoms with E-state index in [-0.39, 0.29) is 11.9 Å². The number of nitrogens with zero attached hydrogens (tertiary/aromatic N) is 1. The number of hydrogen-bond acceptors (Lipinski definition) is 3. The van der Waals surface area contributed by atoms with Crippen molar-refractivity contribution in [2.24, 2.45) is 11.7 Å². The molecule has 0 saturated carbocycles. The molecular weight excluding hydrogens is 214 g/mol. The molecule has 0 aromatic rings. The van der Waals surface area contributed by atoms with Crippen molar-refractivity contribution in [2.75, 3.05) is 20.6 Å². The molecule has 0 aromatic heterocycles. The standard InChI is InChI=1S/C13H29N3O/c1-6-7-12(14)13(17)15-9-11(16(4)5)8-10(2)3/h10-12H,6-9,14H2,1-5H3,(H,15,17). The van der Waals surface area contributed by atoms with Gasteiger partial charge in [-0.3, -0.25) is 4.79 Å². The molecule has 4 nitrogen and oxygen atoms in total. The average Bonchev–Trinajstić information content (AvgIpc) is 2.23. The first kappa shape index (κ1) is 16.4. The van der Waals surface area contributed by atoms with Crippen LogP contribution in [-0.2, 0) is 4.79 Å². The molecule has 2 unspecified atom stereocenters. The Morgan fingerprint density at radius 2 is 1.94 bits per heavy atom. The SMILES string of the molecule is CCCC(N)C(=O)NCC(CC(C)C)N(C)C. The third-order valence-electron chi connectivity index (χ3n) is 2.92. The summed E-state index contributed by atoms with van der Waals surface area (Å²) in [5.41, 5.74) is 5.77. The van der Waals surface area contributed by atoms with E-state index in [9.17, 15) is 4.79 Å². The minimum atomic E-state index is -0.359. The van der Waals surface area contributed by atoms with Gasteiger partial charge in [0.25, 0.3) is 0 Å². The van der Waals surface area contributed by atoms with Crippen LogP contribution in [0.2, 0.25) is 0 Å². The summed E-state index contributed by atoms with van der Waals surface area (Å²) in [7, 11) is 4.09. The van der Waals surface area contributed by atoms with Gasteiger partial charge in [-0.25, -0.2) is 0 Å². The average molecular weight is 243 g/mol. The number of nitrogens with one attached hydrogen (secondary N) is 1. The summed E-state index contributed by atoms with van der Waals surface area (Å²) in [4.78, 5) is 13.8. The molecule has 0 aliphatic heterocycles. The second-order valence-electron chi connectivity index (χ2n) is 5.39. The summed E-state index contributed by atoms with van der Waals surface area (Å²) < 4.78 is 0. The largest absolute Gasteiger partial charge is 0.353 e. The highest BCUT2D eigenvalue weighted by atomic mass is 16.2. The maximum Gasteiger partial charge on any atom is 0.236 e. The topological polar surface area (TPSA) is 58.4 Å². The molecule has 102 valence electrons. The molecule has 2 atom stereocenters. The summed E-state index contributed by atoms with van der Waals surface area (Å²) in [5, 5.41) is 2.95. The lowest BCUT2D eigenvalue weighted by Gasteiger charge is -2.26. The minimum Gasteiger partial charge on any atom is -0.353 e. The molecule has 0 spiro atoms. The number of carbonyl (C=O) groups is 1. The van der Waals surface area contributed by atoms with Crippen molar-refractivity contribution in [3.8, 4) is 0 Å². The normalized spacial score (nSPS) is 15.1. The van der Waals surface area contributed by atoms with Crippen molar-refractivity contribution in [3.63, 3.8) is 0 Å². The van der Waals surface area contributed by atoms with E-state index in [4.69, 9.17) is 5.73 Å². The molecule has 0 saturated heterocycles. The predicted octanol–water partition coefficient (Wildman–Crippen LogP) is 1.21. The molecule has 0 heterocycles. The minimum absolute atomic E-state index is 0.0255. The van der Waals surface area contributed by atoms with Gasteiger partial charge in [0.15, 0.2) is 0 Å². The van der Waals surface area contributed by atoms with Gasteiger partial charge in [-0.2, -0.15) is 0 Å². The van der Waals surface area contributed by atoms with Crippen LogP contribution in [0.5, 0.6) is 0 Å². The second kappa shape index (κ2) is 8.48. The van der Waals surface area contributed by atoms with E-state index in [1.165, 1.54) is 0 Å². The Balaban J connectivity index is 4.07. The van der Waals surface area contributed by atoms with E-state index in [0.29, 0.717) is 18.5 Å². The lowest BCUT2D eigenvalue weighted by molar-refractivity contribution is -0.122. The summed E-state index contributed by atoms with van der Waals surface area (Å²) in [6, 6.07) is 0.0228. The number of amides is 1. The number of rotatable bonds is 8. The van der Waals surface area contributed by atoms with Crippen LogP contribution in [0.25, 0.3) is 0 Å². The van der Waals surface area contributed by atoms with E-state index in [2.05, 4.69) is 24.1 Å². The first-order valence-corrected chi connectivity index (χ1v) is 6.58. The van der Waals surface area contributed by atoms with Gasteiger partial charge in [0.2, 0.25) is 5.91 Å². The van der Waals surface area contributed by atoms with Crippen LogP contribution in [0.3, 0.4) is 0 Å². The van der Waals surface area contributed by atoms with Crippen molar-refractivity contribution in [1.29, 1.82) is 0 Å². The molecule has 0 radical (unpaired) electrons. The molecule has 3 N–H and O–H groups in total. The quantitative estimate of drug-likeness (QED) is 0.673. The molecule has 17 heavy (non-hydrogen) atoms. The molecule has 0 fully saturated rings. The van der Waals surface area contributed by atoms with Crippen molar-refractivity contribution in [2.45, 2.75) is 52.1 Å². The van der Waals surface area contributed by atoms with Crippen LogP contribution in [0.1, 0.15) is 40.0 Å². The zero-order valence-corrected chi connectivity index (χ0v) is 12.0. The summed E-state index contributed by atoms with van der Waals surface area (Å²) in [6.07, 6.45) is 2.77. The summed E-state index contributed by atoms with van der Waals surface area (Å²) in [6.45, 7) is 7.11. The summed E-state index contributed by atoms with van der Waals surface area (Å²) >= 11 is 0. The third kappa shape index (κ3) is 7.34. The van der Waals surface area contributed by atoms with Gasteiger partial charge in [-0.05, 0) is 32.9 Å². The van der Waals surface area contributed by atoms with Crippen molar-refractivity contribution in [3.05, 3.63) is 0 Å². The van der Waals surface area contributed by atoms with E-state index in [0.717, 1.165) is 19.3 Å². The summed E-state index contributed by atoms with van der Waals surface area (Å²) in [5.74, 6) is 0.603.